The fourth-order valence-electron chi connectivity index (χ4n) is 1.08. The van der Waals surface area contributed by atoms with Crippen molar-refractivity contribution in [1.29, 1.82) is 0 Å². The molecule has 0 unspecified atom stereocenters. The molecule has 0 saturated carbocycles. The van der Waals surface area contributed by atoms with Crippen LogP contribution in [0.15, 0.2) is 30.4 Å². The van der Waals surface area contributed by atoms with Crippen molar-refractivity contribution in [3.8, 4) is 0 Å². The third-order valence-corrected chi connectivity index (χ3v) is 1.98. The molecule has 0 aliphatic carbocycles. The molecule has 3 heteroatoms. The van der Waals surface area contributed by atoms with E-state index in [2.05, 4.69) is 11.6 Å². The summed E-state index contributed by atoms with van der Waals surface area (Å²) in [6, 6.07) is 3.72. The summed E-state index contributed by atoms with van der Waals surface area (Å²) in [5.41, 5.74) is 14.0. The Balaban J connectivity index is 3.12. The quantitative estimate of drug-likeness (QED) is 0.708. The van der Waals surface area contributed by atoms with E-state index in [0.29, 0.717) is 12.4 Å². The monoisotopic (exact) mass is 189 g/mol. The predicted octanol–water partition coefficient (Wildman–Crippen LogP) is 1.50. The Morgan fingerprint density at radius 3 is 2.86 bits per heavy atom. The second-order valence-electron chi connectivity index (χ2n) is 3.07. The molecular formula is C11H15N3. The molecule has 1 rings (SSSR count). The van der Waals surface area contributed by atoms with Crippen molar-refractivity contribution in [2.45, 2.75) is 6.92 Å². The molecule has 0 aliphatic heterocycles. The number of nitrogens with two attached hydrogens (primary N) is 2. The van der Waals surface area contributed by atoms with E-state index >= 15 is 0 Å². The van der Waals surface area contributed by atoms with E-state index in [1.54, 1.807) is 12.1 Å². The predicted molar refractivity (Wildman–Crippen MR) is 60.6 cm³/mol. The van der Waals surface area contributed by atoms with E-state index in [1.807, 2.05) is 19.1 Å². The maximum atomic E-state index is 5.59. The average molecular weight is 189 g/mol. The Hall–Kier alpha value is -1.61. The average Bonchev–Trinajstić information content (AvgIpc) is 2.19. The Kier molecular flexibility index (Phi) is 3.42. The summed E-state index contributed by atoms with van der Waals surface area (Å²) >= 11 is 0. The van der Waals surface area contributed by atoms with Gasteiger partial charge < -0.3 is 11.5 Å². The Labute approximate surface area is 84.1 Å². The summed E-state index contributed by atoms with van der Waals surface area (Å²) in [6.07, 6.45) is 3.63. The first-order valence-electron chi connectivity index (χ1n) is 4.43. The highest BCUT2D eigenvalue weighted by molar-refractivity contribution is 5.57. The summed E-state index contributed by atoms with van der Waals surface area (Å²) in [5.74, 6) is 0.516. The van der Waals surface area contributed by atoms with Crippen molar-refractivity contribution in [3.05, 3.63) is 41.6 Å². The van der Waals surface area contributed by atoms with Crippen LogP contribution in [0.5, 0.6) is 0 Å². The lowest BCUT2D eigenvalue weighted by Crippen LogP contribution is -2.01. The van der Waals surface area contributed by atoms with Gasteiger partial charge in [0.05, 0.1) is 5.69 Å². The molecule has 0 amide bonds. The molecule has 3 nitrogen and oxygen atoms in total. The van der Waals surface area contributed by atoms with Gasteiger partial charge in [-0.15, -0.1) is 0 Å². The minimum atomic E-state index is 0.458. The maximum absolute atomic E-state index is 5.59. The number of nitrogen functional groups attached to an aromatic ring is 1. The van der Waals surface area contributed by atoms with Gasteiger partial charge in [-0.2, -0.15) is 0 Å². The second-order valence-corrected chi connectivity index (χ2v) is 3.07. The number of anilines is 1. The number of hydrogen-bond acceptors (Lipinski definition) is 3. The molecule has 1 aromatic heterocycles. The normalized spacial score (nSPS) is 11.4. The summed E-state index contributed by atoms with van der Waals surface area (Å²) in [7, 11) is 0. The van der Waals surface area contributed by atoms with Crippen molar-refractivity contribution in [1.82, 2.24) is 4.98 Å². The molecule has 0 spiro atoms. The summed E-state index contributed by atoms with van der Waals surface area (Å²) in [4.78, 5) is 4.21. The van der Waals surface area contributed by atoms with Gasteiger partial charge in [0, 0.05) is 6.54 Å². The minimum absolute atomic E-state index is 0.458. The van der Waals surface area contributed by atoms with Crippen LogP contribution in [0, 0.1) is 6.92 Å². The van der Waals surface area contributed by atoms with Crippen molar-refractivity contribution >= 4 is 11.9 Å². The number of pyridine rings is 1. The van der Waals surface area contributed by atoms with Crippen LogP contribution in [-0.2, 0) is 0 Å². The van der Waals surface area contributed by atoms with Crippen molar-refractivity contribution < 1.29 is 0 Å². The second kappa shape index (κ2) is 4.58. The van der Waals surface area contributed by atoms with Crippen LogP contribution in [0.4, 0.5) is 5.82 Å². The third kappa shape index (κ3) is 2.44. The van der Waals surface area contributed by atoms with E-state index in [4.69, 9.17) is 11.5 Å². The molecule has 0 radical (unpaired) electrons. The lowest BCUT2D eigenvalue weighted by molar-refractivity contribution is 1.18. The van der Waals surface area contributed by atoms with Gasteiger partial charge in [-0.25, -0.2) is 4.98 Å². The molecule has 0 saturated heterocycles. The van der Waals surface area contributed by atoms with Crippen molar-refractivity contribution in [3.63, 3.8) is 0 Å². The first kappa shape index (κ1) is 10.5. The zero-order chi connectivity index (χ0) is 10.6. The molecule has 0 atom stereocenters. The number of nitrogens with zero attached hydrogens (tertiary/aromatic N) is 1. The van der Waals surface area contributed by atoms with Gasteiger partial charge in [-0.3, -0.25) is 0 Å². The van der Waals surface area contributed by atoms with Gasteiger partial charge in [-0.05, 0) is 30.2 Å². The molecule has 4 N–H and O–H groups in total. The van der Waals surface area contributed by atoms with Crippen molar-refractivity contribution in [2.75, 3.05) is 12.3 Å². The number of rotatable bonds is 3. The number of aryl methyl sites for hydroxylation is 1. The molecule has 14 heavy (non-hydrogen) atoms. The molecule has 0 aromatic carbocycles. The van der Waals surface area contributed by atoms with Crippen molar-refractivity contribution in [2.24, 2.45) is 5.73 Å². The molecule has 74 valence electrons. The van der Waals surface area contributed by atoms with Crippen LogP contribution in [0.3, 0.4) is 0 Å². The smallest absolute Gasteiger partial charge is 0.124 e. The van der Waals surface area contributed by atoms with Gasteiger partial charge in [0.2, 0.25) is 0 Å². The zero-order valence-electron chi connectivity index (χ0n) is 8.33. The van der Waals surface area contributed by atoms with E-state index in [1.165, 1.54) is 0 Å². The molecule has 1 aromatic rings. The highest BCUT2D eigenvalue weighted by Gasteiger charge is 1.98. The first-order chi connectivity index (χ1) is 6.67. The number of hydrogen-bond donors (Lipinski definition) is 2. The Morgan fingerprint density at radius 1 is 1.57 bits per heavy atom. The highest BCUT2D eigenvalue weighted by atomic mass is 14.8. The summed E-state index contributed by atoms with van der Waals surface area (Å²) < 4.78 is 0. The SMILES string of the molecule is C=C/C(=C\c1nc(N)ccc1C)CN. The van der Waals surface area contributed by atoms with Crippen LogP contribution in [0.25, 0.3) is 6.08 Å². The van der Waals surface area contributed by atoms with E-state index in [9.17, 15) is 0 Å². The van der Waals surface area contributed by atoms with Gasteiger partial charge >= 0.3 is 0 Å². The first-order valence-corrected chi connectivity index (χ1v) is 4.43. The van der Waals surface area contributed by atoms with Crippen LogP contribution < -0.4 is 11.5 Å². The van der Waals surface area contributed by atoms with Gasteiger partial charge in [0.25, 0.3) is 0 Å². The molecular weight excluding hydrogens is 174 g/mol. The standard InChI is InChI=1S/C11H15N3/c1-3-9(7-12)6-10-8(2)4-5-11(13)14-10/h3-6H,1,7,12H2,2H3,(H2,13,14)/b9-6+. The maximum Gasteiger partial charge on any atom is 0.124 e. The Bertz CT molecular complexity index is 367. The Morgan fingerprint density at radius 2 is 2.29 bits per heavy atom. The lowest BCUT2D eigenvalue weighted by atomic mass is 10.1. The van der Waals surface area contributed by atoms with Crippen LogP contribution in [0.1, 0.15) is 11.3 Å². The molecule has 0 fully saturated rings. The van der Waals surface area contributed by atoms with Gasteiger partial charge in [-0.1, -0.05) is 18.7 Å². The van der Waals surface area contributed by atoms with E-state index in [0.717, 1.165) is 16.8 Å². The van der Waals surface area contributed by atoms with E-state index < -0.39 is 0 Å². The molecule has 0 aliphatic rings. The van der Waals surface area contributed by atoms with Gasteiger partial charge in [0.1, 0.15) is 5.82 Å². The fraction of sp³-hybridized carbons (Fsp3) is 0.182. The number of aromatic nitrogens is 1. The molecule has 1 heterocycles. The largest absolute Gasteiger partial charge is 0.384 e. The lowest BCUT2D eigenvalue weighted by Gasteiger charge is -2.02. The topological polar surface area (TPSA) is 64.9 Å². The minimum Gasteiger partial charge on any atom is -0.384 e. The van der Waals surface area contributed by atoms with E-state index in [-0.39, 0.29) is 0 Å². The highest BCUT2D eigenvalue weighted by Crippen LogP contribution is 2.11. The summed E-state index contributed by atoms with van der Waals surface area (Å²) in [5, 5.41) is 0. The van der Waals surface area contributed by atoms with Crippen LogP contribution in [-0.4, -0.2) is 11.5 Å². The zero-order valence-corrected chi connectivity index (χ0v) is 8.33. The van der Waals surface area contributed by atoms with Gasteiger partial charge in [0.15, 0.2) is 0 Å². The van der Waals surface area contributed by atoms with Crippen LogP contribution in [0.2, 0.25) is 0 Å². The van der Waals surface area contributed by atoms with Crippen LogP contribution >= 0.6 is 0 Å². The molecule has 0 bridgehead atoms. The third-order valence-electron chi connectivity index (χ3n) is 1.98. The fourth-order valence-corrected chi connectivity index (χ4v) is 1.08. The summed E-state index contributed by atoms with van der Waals surface area (Å²) in [6.45, 7) is 6.11.